The molecule has 1 aromatic rings. The Balaban J connectivity index is 2.63. The molecule has 0 unspecified atom stereocenters. The second-order valence-electron chi connectivity index (χ2n) is 3.50. The fourth-order valence-electron chi connectivity index (χ4n) is 1.39. The molecule has 0 heterocycles. The van der Waals surface area contributed by atoms with Gasteiger partial charge in [0.1, 0.15) is 0 Å². The first-order valence-electron chi connectivity index (χ1n) is 4.86. The van der Waals surface area contributed by atoms with E-state index < -0.39 is 0 Å². The fourth-order valence-corrected chi connectivity index (χ4v) is 1.59. The molecule has 0 saturated carbocycles. The van der Waals surface area contributed by atoms with Crippen molar-refractivity contribution >= 4 is 23.0 Å². The Morgan fingerprint density at radius 3 is 2.47 bits per heavy atom. The molecule has 2 N–H and O–H groups in total. The number of anilines is 1. The summed E-state index contributed by atoms with van der Waals surface area (Å²) < 4.78 is 0. The van der Waals surface area contributed by atoms with Crippen molar-refractivity contribution in [2.45, 2.75) is 13.8 Å². The van der Waals surface area contributed by atoms with Gasteiger partial charge in [-0.1, -0.05) is 12.1 Å². The van der Waals surface area contributed by atoms with Crippen molar-refractivity contribution in [3.05, 3.63) is 42.0 Å². The monoisotopic (exact) mass is 220 g/mol. The Kier molecular flexibility index (Phi) is 4.31. The first-order valence-corrected chi connectivity index (χ1v) is 5.26. The normalized spacial score (nSPS) is 9.47. The highest BCUT2D eigenvalue weighted by molar-refractivity contribution is 7.80. The summed E-state index contributed by atoms with van der Waals surface area (Å²) in [6.45, 7) is 8.43. The van der Waals surface area contributed by atoms with Gasteiger partial charge in [-0.2, -0.15) is 0 Å². The largest absolute Gasteiger partial charge is 0.359 e. The first-order chi connectivity index (χ1) is 7.11. The summed E-state index contributed by atoms with van der Waals surface area (Å²) >= 11 is 5.12. The number of benzene rings is 1. The molecule has 1 aromatic carbocycles. The number of nitrogens with one attached hydrogen (secondary N) is 2. The smallest absolute Gasteiger partial charge is 0.171 e. The number of hydrogen-bond donors (Lipinski definition) is 2. The quantitative estimate of drug-likeness (QED) is 0.605. The molecule has 2 nitrogen and oxygen atoms in total. The Hall–Kier alpha value is -1.35. The summed E-state index contributed by atoms with van der Waals surface area (Å²) in [6.07, 6.45) is 1.77. The van der Waals surface area contributed by atoms with Crippen LogP contribution in [0.15, 0.2) is 30.9 Å². The van der Waals surface area contributed by atoms with E-state index in [4.69, 9.17) is 12.2 Å². The van der Waals surface area contributed by atoms with E-state index >= 15 is 0 Å². The molecule has 0 amide bonds. The predicted octanol–water partition coefficient (Wildman–Crippen LogP) is 2.78. The van der Waals surface area contributed by atoms with Crippen molar-refractivity contribution in [3.63, 3.8) is 0 Å². The molecule has 0 aliphatic carbocycles. The van der Waals surface area contributed by atoms with Gasteiger partial charge in [0.05, 0.1) is 0 Å². The van der Waals surface area contributed by atoms with Gasteiger partial charge in [0.15, 0.2) is 5.11 Å². The van der Waals surface area contributed by atoms with Gasteiger partial charge in [0.25, 0.3) is 0 Å². The second-order valence-corrected chi connectivity index (χ2v) is 3.91. The molecule has 0 aromatic heterocycles. The van der Waals surface area contributed by atoms with E-state index in [1.165, 1.54) is 11.1 Å². The van der Waals surface area contributed by atoms with Gasteiger partial charge < -0.3 is 10.6 Å². The summed E-state index contributed by atoms with van der Waals surface area (Å²) in [4.78, 5) is 0. The van der Waals surface area contributed by atoms with Gasteiger partial charge in [-0.15, -0.1) is 6.58 Å². The number of rotatable bonds is 3. The van der Waals surface area contributed by atoms with E-state index in [0.29, 0.717) is 11.7 Å². The molecule has 80 valence electrons. The van der Waals surface area contributed by atoms with Gasteiger partial charge in [0, 0.05) is 12.2 Å². The maximum absolute atomic E-state index is 5.12. The molecule has 0 spiro atoms. The lowest BCUT2D eigenvalue weighted by molar-refractivity contribution is 1.06. The molecule has 3 heteroatoms. The summed E-state index contributed by atoms with van der Waals surface area (Å²) in [7, 11) is 0. The number of thiocarbonyl (C=S) groups is 1. The average molecular weight is 220 g/mol. The third-order valence-electron chi connectivity index (χ3n) is 1.89. The van der Waals surface area contributed by atoms with E-state index in [1.807, 2.05) is 0 Å². The maximum atomic E-state index is 5.12. The van der Waals surface area contributed by atoms with Crippen LogP contribution in [0.25, 0.3) is 0 Å². The van der Waals surface area contributed by atoms with Crippen molar-refractivity contribution in [3.8, 4) is 0 Å². The van der Waals surface area contributed by atoms with Crippen molar-refractivity contribution in [1.29, 1.82) is 0 Å². The Labute approximate surface area is 96.4 Å². The Morgan fingerprint density at radius 1 is 1.33 bits per heavy atom. The maximum Gasteiger partial charge on any atom is 0.171 e. The third kappa shape index (κ3) is 4.13. The molecule has 0 aliphatic rings. The van der Waals surface area contributed by atoms with Gasteiger partial charge in [-0.25, -0.2) is 0 Å². The van der Waals surface area contributed by atoms with Crippen molar-refractivity contribution < 1.29 is 0 Å². The molecule has 0 atom stereocenters. The second kappa shape index (κ2) is 5.51. The van der Waals surface area contributed by atoms with Crippen LogP contribution in [0, 0.1) is 13.8 Å². The standard InChI is InChI=1S/C12H16N2S/c1-4-5-13-12(15)14-11-7-9(2)6-10(3)8-11/h4,6-8H,1,5H2,2-3H3,(H2,13,14,15). The molecule has 0 fully saturated rings. The lowest BCUT2D eigenvalue weighted by Crippen LogP contribution is -2.28. The summed E-state index contributed by atoms with van der Waals surface area (Å²) in [6, 6.07) is 6.26. The van der Waals surface area contributed by atoms with Crippen LogP contribution in [-0.4, -0.2) is 11.7 Å². The van der Waals surface area contributed by atoms with Gasteiger partial charge in [-0.3, -0.25) is 0 Å². The van der Waals surface area contributed by atoms with Crippen molar-refractivity contribution in [2.24, 2.45) is 0 Å². The van der Waals surface area contributed by atoms with Crippen LogP contribution in [0.4, 0.5) is 5.69 Å². The van der Waals surface area contributed by atoms with E-state index in [1.54, 1.807) is 6.08 Å². The minimum absolute atomic E-state index is 0.625. The molecule has 1 rings (SSSR count). The highest BCUT2D eigenvalue weighted by Crippen LogP contribution is 2.13. The summed E-state index contributed by atoms with van der Waals surface area (Å²) in [5.74, 6) is 0. The van der Waals surface area contributed by atoms with Crippen LogP contribution < -0.4 is 10.6 Å². The van der Waals surface area contributed by atoms with Gasteiger partial charge in [-0.05, 0) is 49.3 Å². The van der Waals surface area contributed by atoms with Crippen LogP contribution in [0.3, 0.4) is 0 Å². The number of hydrogen-bond acceptors (Lipinski definition) is 1. The van der Waals surface area contributed by atoms with E-state index in [2.05, 4.69) is 49.3 Å². The molecule has 0 saturated heterocycles. The van der Waals surface area contributed by atoms with Crippen LogP contribution in [-0.2, 0) is 0 Å². The summed E-state index contributed by atoms with van der Waals surface area (Å²) in [5.41, 5.74) is 3.47. The van der Waals surface area contributed by atoms with Crippen molar-refractivity contribution in [1.82, 2.24) is 5.32 Å². The topological polar surface area (TPSA) is 24.1 Å². The van der Waals surface area contributed by atoms with E-state index in [-0.39, 0.29) is 0 Å². The molecule has 0 radical (unpaired) electrons. The fraction of sp³-hybridized carbons (Fsp3) is 0.250. The van der Waals surface area contributed by atoms with Crippen LogP contribution in [0.5, 0.6) is 0 Å². The molecule has 15 heavy (non-hydrogen) atoms. The van der Waals surface area contributed by atoms with E-state index in [9.17, 15) is 0 Å². The predicted molar refractivity (Wildman–Crippen MR) is 70.3 cm³/mol. The minimum atomic E-state index is 0.625. The van der Waals surface area contributed by atoms with Crippen LogP contribution in [0.1, 0.15) is 11.1 Å². The van der Waals surface area contributed by atoms with Crippen LogP contribution in [0.2, 0.25) is 0 Å². The molecular weight excluding hydrogens is 204 g/mol. The lowest BCUT2D eigenvalue weighted by atomic mass is 10.1. The van der Waals surface area contributed by atoms with Crippen molar-refractivity contribution in [2.75, 3.05) is 11.9 Å². The van der Waals surface area contributed by atoms with Gasteiger partial charge >= 0.3 is 0 Å². The molecule has 0 bridgehead atoms. The lowest BCUT2D eigenvalue weighted by Gasteiger charge is -2.10. The highest BCUT2D eigenvalue weighted by Gasteiger charge is 1.97. The molecule has 0 aliphatic heterocycles. The SMILES string of the molecule is C=CCNC(=S)Nc1cc(C)cc(C)c1. The first kappa shape index (κ1) is 11.7. The zero-order chi connectivity index (χ0) is 11.3. The average Bonchev–Trinajstić information content (AvgIpc) is 2.13. The zero-order valence-electron chi connectivity index (χ0n) is 9.13. The third-order valence-corrected chi connectivity index (χ3v) is 2.13. The minimum Gasteiger partial charge on any atom is -0.359 e. The zero-order valence-corrected chi connectivity index (χ0v) is 9.95. The van der Waals surface area contributed by atoms with E-state index in [0.717, 1.165) is 5.69 Å². The Morgan fingerprint density at radius 2 is 1.93 bits per heavy atom. The number of aryl methyl sites for hydroxylation is 2. The van der Waals surface area contributed by atoms with Gasteiger partial charge in [0.2, 0.25) is 0 Å². The highest BCUT2D eigenvalue weighted by atomic mass is 32.1. The Bertz CT molecular complexity index is 352. The van der Waals surface area contributed by atoms with Crippen LogP contribution >= 0.6 is 12.2 Å². The summed E-state index contributed by atoms with van der Waals surface area (Å²) in [5, 5.41) is 6.78. The molecular formula is C12H16N2S.